The van der Waals surface area contributed by atoms with Crippen LogP contribution in [0, 0.1) is 13.8 Å². The zero-order valence-electron chi connectivity index (χ0n) is 16.1. The molecule has 0 unspecified atom stereocenters. The monoisotopic (exact) mass is 405 g/mol. The van der Waals surface area contributed by atoms with E-state index in [-0.39, 0.29) is 5.91 Å². The molecule has 0 bridgehead atoms. The SMILES string of the molecule is Cc1nn(-c2ccccc2)c(C)c1C(=O)Nc1cccc(Cn2cc(Cl)cn2)c1. The molecule has 0 saturated carbocycles. The van der Waals surface area contributed by atoms with Gasteiger partial charge in [0, 0.05) is 11.9 Å². The van der Waals surface area contributed by atoms with Crippen molar-refractivity contribution in [1.82, 2.24) is 19.6 Å². The Morgan fingerprint density at radius 2 is 1.90 bits per heavy atom. The number of rotatable bonds is 5. The molecule has 0 aliphatic rings. The van der Waals surface area contributed by atoms with E-state index in [2.05, 4.69) is 15.5 Å². The summed E-state index contributed by atoms with van der Waals surface area (Å²) in [5, 5.41) is 12.3. The quantitative estimate of drug-likeness (QED) is 0.526. The van der Waals surface area contributed by atoms with Crippen molar-refractivity contribution >= 4 is 23.2 Å². The molecule has 1 N–H and O–H groups in total. The second kappa shape index (κ2) is 7.93. The van der Waals surface area contributed by atoms with Crippen molar-refractivity contribution < 1.29 is 4.79 Å². The van der Waals surface area contributed by atoms with Gasteiger partial charge in [0.2, 0.25) is 0 Å². The second-order valence-electron chi connectivity index (χ2n) is 6.80. The van der Waals surface area contributed by atoms with E-state index in [4.69, 9.17) is 11.6 Å². The number of anilines is 1. The number of halogens is 1. The van der Waals surface area contributed by atoms with Crippen LogP contribution in [-0.2, 0) is 6.54 Å². The number of hydrogen-bond donors (Lipinski definition) is 1. The predicted molar refractivity (Wildman–Crippen MR) is 114 cm³/mol. The van der Waals surface area contributed by atoms with Crippen LogP contribution in [0.1, 0.15) is 27.3 Å². The molecule has 4 aromatic rings. The number of carbonyl (C=O) groups excluding carboxylic acids is 1. The maximum Gasteiger partial charge on any atom is 0.259 e. The molecule has 1 amide bonds. The molecule has 2 aromatic carbocycles. The van der Waals surface area contributed by atoms with Crippen LogP contribution in [0.2, 0.25) is 5.02 Å². The minimum absolute atomic E-state index is 0.179. The van der Waals surface area contributed by atoms with Crippen molar-refractivity contribution in [3.05, 3.63) is 94.5 Å². The van der Waals surface area contributed by atoms with Gasteiger partial charge in [0.1, 0.15) is 0 Å². The van der Waals surface area contributed by atoms with Gasteiger partial charge in [-0.3, -0.25) is 9.48 Å². The lowest BCUT2D eigenvalue weighted by atomic mass is 10.1. The summed E-state index contributed by atoms with van der Waals surface area (Å²) < 4.78 is 3.55. The molecule has 6 nitrogen and oxygen atoms in total. The van der Waals surface area contributed by atoms with Gasteiger partial charge in [-0.15, -0.1) is 0 Å². The molecule has 2 aromatic heterocycles. The zero-order valence-corrected chi connectivity index (χ0v) is 16.9. The number of aryl methyl sites for hydroxylation is 1. The van der Waals surface area contributed by atoms with Gasteiger partial charge in [0.05, 0.1) is 40.4 Å². The van der Waals surface area contributed by atoms with Gasteiger partial charge in [-0.2, -0.15) is 10.2 Å². The Labute approximate surface area is 173 Å². The van der Waals surface area contributed by atoms with Crippen LogP contribution in [-0.4, -0.2) is 25.5 Å². The third kappa shape index (κ3) is 4.07. The van der Waals surface area contributed by atoms with Crippen molar-refractivity contribution in [3.63, 3.8) is 0 Å². The van der Waals surface area contributed by atoms with Gasteiger partial charge in [-0.1, -0.05) is 41.9 Å². The molecule has 0 atom stereocenters. The van der Waals surface area contributed by atoms with Crippen molar-refractivity contribution in [1.29, 1.82) is 0 Å². The fourth-order valence-corrected chi connectivity index (χ4v) is 3.50. The first-order chi connectivity index (χ1) is 14.0. The van der Waals surface area contributed by atoms with Crippen molar-refractivity contribution in [2.45, 2.75) is 20.4 Å². The van der Waals surface area contributed by atoms with Gasteiger partial charge in [-0.05, 0) is 43.7 Å². The Morgan fingerprint density at radius 1 is 1.10 bits per heavy atom. The van der Waals surface area contributed by atoms with E-state index in [1.54, 1.807) is 21.8 Å². The van der Waals surface area contributed by atoms with Crippen LogP contribution < -0.4 is 5.32 Å². The van der Waals surface area contributed by atoms with E-state index < -0.39 is 0 Å². The van der Waals surface area contributed by atoms with E-state index in [1.807, 2.05) is 68.4 Å². The first-order valence-corrected chi connectivity index (χ1v) is 9.59. The van der Waals surface area contributed by atoms with E-state index in [0.717, 1.165) is 22.6 Å². The topological polar surface area (TPSA) is 64.7 Å². The lowest BCUT2D eigenvalue weighted by Gasteiger charge is -2.09. The average Bonchev–Trinajstić information content (AvgIpc) is 3.24. The molecule has 0 spiro atoms. The molecule has 0 fully saturated rings. The smallest absolute Gasteiger partial charge is 0.259 e. The van der Waals surface area contributed by atoms with Crippen molar-refractivity contribution in [2.75, 3.05) is 5.32 Å². The number of nitrogens with one attached hydrogen (secondary N) is 1. The third-order valence-corrected chi connectivity index (χ3v) is 4.85. The average molecular weight is 406 g/mol. The summed E-state index contributed by atoms with van der Waals surface area (Å²) in [4.78, 5) is 13.0. The van der Waals surface area contributed by atoms with E-state index >= 15 is 0 Å². The molecule has 7 heteroatoms. The maximum absolute atomic E-state index is 13.0. The molecular weight excluding hydrogens is 386 g/mol. The number of para-hydroxylation sites is 1. The largest absolute Gasteiger partial charge is 0.322 e. The van der Waals surface area contributed by atoms with Crippen LogP contribution in [0.15, 0.2) is 67.0 Å². The molecule has 146 valence electrons. The molecule has 0 aliphatic carbocycles. The summed E-state index contributed by atoms with van der Waals surface area (Å²) in [5.74, 6) is -0.179. The summed E-state index contributed by atoms with van der Waals surface area (Å²) in [6, 6.07) is 17.5. The normalized spacial score (nSPS) is 10.9. The molecular formula is C22H20ClN5O. The fourth-order valence-electron chi connectivity index (χ4n) is 3.34. The summed E-state index contributed by atoms with van der Waals surface area (Å²) in [6.07, 6.45) is 3.36. The first kappa shape index (κ1) is 19.0. The summed E-state index contributed by atoms with van der Waals surface area (Å²) in [6.45, 7) is 4.32. The van der Waals surface area contributed by atoms with Gasteiger partial charge in [0.25, 0.3) is 5.91 Å². The number of nitrogens with zero attached hydrogens (tertiary/aromatic N) is 4. The lowest BCUT2D eigenvalue weighted by molar-refractivity contribution is 0.102. The number of aromatic nitrogens is 4. The standard InChI is InChI=1S/C22H20ClN5O/c1-15-21(16(2)28(26-15)20-9-4-3-5-10-20)22(29)25-19-8-6-7-17(11-19)13-27-14-18(23)12-24-27/h3-12,14H,13H2,1-2H3,(H,25,29). The predicted octanol–water partition coefficient (Wildman–Crippen LogP) is 4.64. The van der Waals surface area contributed by atoms with Crippen LogP contribution >= 0.6 is 11.6 Å². The van der Waals surface area contributed by atoms with Gasteiger partial charge >= 0.3 is 0 Å². The number of carbonyl (C=O) groups is 1. The van der Waals surface area contributed by atoms with Crippen molar-refractivity contribution in [3.8, 4) is 5.69 Å². The molecule has 4 rings (SSSR count). The second-order valence-corrected chi connectivity index (χ2v) is 7.24. The van der Waals surface area contributed by atoms with E-state index in [0.29, 0.717) is 22.8 Å². The summed E-state index contributed by atoms with van der Waals surface area (Å²) in [7, 11) is 0. The minimum Gasteiger partial charge on any atom is -0.322 e. The Kier molecular flexibility index (Phi) is 5.18. The Morgan fingerprint density at radius 3 is 2.62 bits per heavy atom. The summed E-state index contributed by atoms with van der Waals surface area (Å²) in [5.41, 5.74) is 4.72. The van der Waals surface area contributed by atoms with Crippen LogP contribution in [0.4, 0.5) is 5.69 Å². The third-order valence-electron chi connectivity index (χ3n) is 4.65. The molecule has 0 aliphatic heterocycles. The maximum atomic E-state index is 13.0. The summed E-state index contributed by atoms with van der Waals surface area (Å²) >= 11 is 5.92. The molecule has 2 heterocycles. The van der Waals surface area contributed by atoms with E-state index in [1.165, 1.54) is 0 Å². The van der Waals surface area contributed by atoms with Gasteiger partial charge in [0.15, 0.2) is 0 Å². The lowest BCUT2D eigenvalue weighted by Crippen LogP contribution is -2.14. The molecule has 29 heavy (non-hydrogen) atoms. The van der Waals surface area contributed by atoms with Crippen LogP contribution in [0.25, 0.3) is 5.69 Å². The zero-order chi connectivity index (χ0) is 20.4. The number of hydrogen-bond acceptors (Lipinski definition) is 3. The highest BCUT2D eigenvalue weighted by Gasteiger charge is 2.19. The number of benzene rings is 2. The fraction of sp³-hybridized carbons (Fsp3) is 0.136. The highest BCUT2D eigenvalue weighted by atomic mass is 35.5. The molecule has 0 radical (unpaired) electrons. The van der Waals surface area contributed by atoms with Crippen LogP contribution in [0.3, 0.4) is 0 Å². The van der Waals surface area contributed by atoms with Gasteiger partial charge < -0.3 is 5.32 Å². The van der Waals surface area contributed by atoms with Crippen molar-refractivity contribution in [2.24, 2.45) is 0 Å². The number of amides is 1. The van der Waals surface area contributed by atoms with E-state index in [9.17, 15) is 4.79 Å². The Hall–Kier alpha value is -3.38. The molecule has 0 saturated heterocycles. The Balaban J connectivity index is 1.56. The first-order valence-electron chi connectivity index (χ1n) is 9.21. The Bertz CT molecular complexity index is 1160. The minimum atomic E-state index is -0.179. The van der Waals surface area contributed by atoms with Crippen LogP contribution in [0.5, 0.6) is 0 Å². The highest BCUT2D eigenvalue weighted by molar-refractivity contribution is 6.30. The van der Waals surface area contributed by atoms with Gasteiger partial charge in [-0.25, -0.2) is 4.68 Å². The highest BCUT2D eigenvalue weighted by Crippen LogP contribution is 2.20.